The summed E-state index contributed by atoms with van der Waals surface area (Å²) < 4.78 is 0. The lowest BCUT2D eigenvalue weighted by atomic mass is 10.1. The first-order chi connectivity index (χ1) is 4.79. The van der Waals surface area contributed by atoms with Gasteiger partial charge in [-0.2, -0.15) is 0 Å². The predicted molar refractivity (Wildman–Crippen MR) is 51.4 cm³/mol. The molecule has 1 rings (SSSR count). The largest absolute Gasteiger partial charge is 0.316 e. The number of rotatable bonds is 3. The van der Waals surface area contributed by atoms with Gasteiger partial charge in [-0.25, -0.2) is 0 Å². The van der Waals surface area contributed by atoms with Crippen LogP contribution in [0.4, 0.5) is 0 Å². The van der Waals surface area contributed by atoms with E-state index in [1.165, 1.54) is 32.5 Å². The van der Waals surface area contributed by atoms with Crippen LogP contribution in [-0.4, -0.2) is 38.6 Å². The molecule has 0 aliphatic carbocycles. The van der Waals surface area contributed by atoms with Crippen molar-refractivity contribution >= 4 is 12.4 Å². The third kappa shape index (κ3) is 4.62. The zero-order chi connectivity index (χ0) is 7.40. The van der Waals surface area contributed by atoms with Crippen molar-refractivity contribution in [3.05, 3.63) is 0 Å². The molecule has 0 aromatic rings. The normalized spacial score (nSPS) is 23.7. The Bertz CT molecular complexity index is 90.1. The van der Waals surface area contributed by atoms with Gasteiger partial charge in [0.15, 0.2) is 0 Å². The number of hydrogen-bond acceptors (Lipinski definition) is 2. The molecule has 0 bridgehead atoms. The van der Waals surface area contributed by atoms with Crippen molar-refractivity contribution in [1.29, 1.82) is 0 Å². The predicted octanol–water partition coefficient (Wildman–Crippen LogP) is 0.969. The Morgan fingerprint density at radius 3 is 2.64 bits per heavy atom. The van der Waals surface area contributed by atoms with E-state index in [0.717, 1.165) is 5.92 Å². The van der Waals surface area contributed by atoms with Crippen LogP contribution in [0.1, 0.15) is 12.8 Å². The van der Waals surface area contributed by atoms with Crippen LogP contribution >= 0.6 is 12.4 Å². The summed E-state index contributed by atoms with van der Waals surface area (Å²) in [7, 11) is 4.28. The highest BCUT2D eigenvalue weighted by molar-refractivity contribution is 5.85. The van der Waals surface area contributed by atoms with E-state index in [0.29, 0.717) is 0 Å². The lowest BCUT2D eigenvalue weighted by Crippen LogP contribution is -2.18. The summed E-state index contributed by atoms with van der Waals surface area (Å²) in [6.45, 7) is 3.72. The van der Waals surface area contributed by atoms with Gasteiger partial charge in [-0.05, 0) is 52.5 Å². The smallest absolute Gasteiger partial charge is 0.00196 e. The first-order valence-corrected chi connectivity index (χ1v) is 4.14. The number of nitrogens with zero attached hydrogens (tertiary/aromatic N) is 1. The molecule has 68 valence electrons. The van der Waals surface area contributed by atoms with Gasteiger partial charge in [0, 0.05) is 0 Å². The summed E-state index contributed by atoms with van der Waals surface area (Å²) in [6, 6.07) is 0. The van der Waals surface area contributed by atoms with Crippen LogP contribution in [0.25, 0.3) is 0 Å². The third-order valence-electron chi connectivity index (χ3n) is 2.15. The van der Waals surface area contributed by atoms with E-state index in [1.54, 1.807) is 0 Å². The molecule has 1 heterocycles. The molecule has 11 heavy (non-hydrogen) atoms. The first kappa shape index (κ1) is 11.2. The van der Waals surface area contributed by atoms with Gasteiger partial charge < -0.3 is 10.2 Å². The van der Waals surface area contributed by atoms with Crippen molar-refractivity contribution in [3.63, 3.8) is 0 Å². The first-order valence-electron chi connectivity index (χ1n) is 4.14. The Hall–Kier alpha value is 0.210. The van der Waals surface area contributed by atoms with Crippen molar-refractivity contribution in [1.82, 2.24) is 10.2 Å². The van der Waals surface area contributed by atoms with Gasteiger partial charge in [-0.3, -0.25) is 0 Å². The highest BCUT2D eigenvalue weighted by Crippen LogP contribution is 2.11. The second-order valence-corrected chi connectivity index (χ2v) is 3.45. The van der Waals surface area contributed by atoms with E-state index in [-0.39, 0.29) is 12.4 Å². The van der Waals surface area contributed by atoms with Crippen LogP contribution in [-0.2, 0) is 0 Å². The standard InChI is InChI=1S/C8H18N2.ClH/c1-10(2)6-4-8-3-5-9-7-8;/h8-9H,3-7H2,1-2H3;1H/t8-;/m0./s1. The topological polar surface area (TPSA) is 15.3 Å². The third-order valence-corrected chi connectivity index (χ3v) is 2.15. The Labute approximate surface area is 75.8 Å². The highest BCUT2D eigenvalue weighted by Gasteiger charge is 2.13. The van der Waals surface area contributed by atoms with Gasteiger partial charge >= 0.3 is 0 Å². The number of hydrogen-bond donors (Lipinski definition) is 1. The summed E-state index contributed by atoms with van der Waals surface area (Å²) in [5.74, 6) is 0.947. The minimum Gasteiger partial charge on any atom is -0.316 e. The molecule has 1 N–H and O–H groups in total. The molecule has 1 aliphatic heterocycles. The minimum absolute atomic E-state index is 0. The Morgan fingerprint density at radius 2 is 2.18 bits per heavy atom. The summed E-state index contributed by atoms with van der Waals surface area (Å²) in [5.41, 5.74) is 0. The molecule has 0 unspecified atom stereocenters. The average molecular weight is 179 g/mol. The maximum Gasteiger partial charge on any atom is -0.00196 e. The lowest BCUT2D eigenvalue weighted by Gasteiger charge is -2.12. The molecule has 2 nitrogen and oxygen atoms in total. The summed E-state index contributed by atoms with van der Waals surface area (Å²) in [4.78, 5) is 2.26. The van der Waals surface area contributed by atoms with E-state index in [2.05, 4.69) is 24.3 Å². The average Bonchev–Trinajstić information content (AvgIpc) is 2.34. The minimum atomic E-state index is 0. The van der Waals surface area contributed by atoms with E-state index in [9.17, 15) is 0 Å². The summed E-state index contributed by atoms with van der Waals surface area (Å²) in [6.07, 6.45) is 2.74. The molecule has 1 atom stereocenters. The fraction of sp³-hybridized carbons (Fsp3) is 1.00. The van der Waals surface area contributed by atoms with E-state index in [1.807, 2.05) is 0 Å². The van der Waals surface area contributed by atoms with Gasteiger partial charge in [0.2, 0.25) is 0 Å². The maximum absolute atomic E-state index is 3.38. The van der Waals surface area contributed by atoms with Crippen molar-refractivity contribution < 1.29 is 0 Å². The molecule has 0 aromatic heterocycles. The van der Waals surface area contributed by atoms with Crippen molar-refractivity contribution in [2.45, 2.75) is 12.8 Å². The van der Waals surface area contributed by atoms with Crippen LogP contribution in [0.2, 0.25) is 0 Å². The molecule has 0 saturated carbocycles. The monoisotopic (exact) mass is 178 g/mol. The number of nitrogens with one attached hydrogen (secondary N) is 1. The summed E-state index contributed by atoms with van der Waals surface area (Å²) >= 11 is 0. The molecule has 0 amide bonds. The maximum atomic E-state index is 3.38. The zero-order valence-corrected chi connectivity index (χ0v) is 8.28. The SMILES string of the molecule is CN(C)CC[C@@H]1CCNC1.Cl. The van der Waals surface area contributed by atoms with Crippen LogP contribution in [0.5, 0.6) is 0 Å². The molecular formula is C8H19ClN2. The second-order valence-electron chi connectivity index (χ2n) is 3.45. The van der Waals surface area contributed by atoms with Gasteiger partial charge in [0.1, 0.15) is 0 Å². The molecule has 3 heteroatoms. The van der Waals surface area contributed by atoms with Gasteiger partial charge in [0.25, 0.3) is 0 Å². The molecule has 0 radical (unpaired) electrons. The quantitative estimate of drug-likeness (QED) is 0.693. The lowest BCUT2D eigenvalue weighted by molar-refractivity contribution is 0.360. The van der Waals surface area contributed by atoms with E-state index < -0.39 is 0 Å². The molecule has 1 saturated heterocycles. The van der Waals surface area contributed by atoms with Crippen LogP contribution in [0.15, 0.2) is 0 Å². The second kappa shape index (κ2) is 5.81. The molecule has 1 aliphatic rings. The fourth-order valence-corrected chi connectivity index (χ4v) is 1.40. The van der Waals surface area contributed by atoms with E-state index in [4.69, 9.17) is 0 Å². The molecule has 0 aromatic carbocycles. The van der Waals surface area contributed by atoms with E-state index >= 15 is 0 Å². The van der Waals surface area contributed by atoms with Gasteiger partial charge in [-0.15, -0.1) is 12.4 Å². The van der Waals surface area contributed by atoms with Crippen molar-refractivity contribution in [2.75, 3.05) is 33.7 Å². The Kier molecular flexibility index (Phi) is 5.92. The van der Waals surface area contributed by atoms with Gasteiger partial charge in [0.05, 0.1) is 0 Å². The van der Waals surface area contributed by atoms with Gasteiger partial charge in [-0.1, -0.05) is 0 Å². The zero-order valence-electron chi connectivity index (χ0n) is 7.47. The summed E-state index contributed by atoms with van der Waals surface area (Å²) in [5, 5.41) is 3.38. The van der Waals surface area contributed by atoms with Crippen LogP contribution < -0.4 is 5.32 Å². The molecule has 0 spiro atoms. The van der Waals surface area contributed by atoms with Crippen molar-refractivity contribution in [2.24, 2.45) is 5.92 Å². The highest BCUT2D eigenvalue weighted by atomic mass is 35.5. The Balaban J connectivity index is 0.000001000. The number of halogens is 1. The molecular weight excluding hydrogens is 160 g/mol. The Morgan fingerprint density at radius 1 is 1.45 bits per heavy atom. The molecule has 1 fully saturated rings. The fourth-order valence-electron chi connectivity index (χ4n) is 1.40. The van der Waals surface area contributed by atoms with Crippen molar-refractivity contribution in [3.8, 4) is 0 Å². The van der Waals surface area contributed by atoms with Crippen LogP contribution in [0, 0.1) is 5.92 Å². The van der Waals surface area contributed by atoms with Crippen LogP contribution in [0.3, 0.4) is 0 Å².